The summed E-state index contributed by atoms with van der Waals surface area (Å²) in [5.41, 5.74) is 0. The van der Waals surface area contributed by atoms with Crippen LogP contribution in [0.15, 0.2) is 24.3 Å². The molecule has 0 aromatic heterocycles. The highest BCUT2D eigenvalue weighted by Crippen LogP contribution is 2.19. The van der Waals surface area contributed by atoms with Crippen LogP contribution in [-0.4, -0.2) is 34.9 Å². The molecule has 70 heavy (non-hydrogen) atoms. The van der Waals surface area contributed by atoms with Gasteiger partial charge in [0.25, 0.3) is 0 Å². The van der Waals surface area contributed by atoms with Gasteiger partial charge in [0.1, 0.15) is 0 Å². The number of amides is 1. The summed E-state index contributed by atoms with van der Waals surface area (Å²) in [7, 11) is 0. The predicted octanol–water partition coefficient (Wildman–Crippen LogP) is 21.8. The maximum absolute atomic E-state index is 12.5. The fourth-order valence-electron chi connectivity index (χ4n) is 10.5. The van der Waals surface area contributed by atoms with E-state index in [1.807, 2.05) is 6.08 Å². The summed E-state index contributed by atoms with van der Waals surface area (Å²) >= 11 is 0. The summed E-state index contributed by atoms with van der Waals surface area (Å²) in [5, 5.41) is 23.2. The van der Waals surface area contributed by atoms with E-state index in [0.29, 0.717) is 6.42 Å². The molecule has 0 aromatic carbocycles. The Bertz CT molecular complexity index is 1020. The molecule has 416 valence electrons. The second kappa shape index (κ2) is 62.2. The Morgan fingerprint density at radius 1 is 0.329 bits per heavy atom. The molecule has 0 aromatic rings. The molecule has 4 nitrogen and oxygen atoms in total. The van der Waals surface area contributed by atoms with Crippen molar-refractivity contribution in [2.45, 2.75) is 386 Å². The first-order valence-corrected chi connectivity index (χ1v) is 32.6. The van der Waals surface area contributed by atoms with E-state index >= 15 is 0 Å². The molecule has 0 saturated heterocycles. The van der Waals surface area contributed by atoms with Crippen LogP contribution < -0.4 is 5.32 Å². The Balaban J connectivity index is 3.43. The third-order valence-electron chi connectivity index (χ3n) is 15.4. The Kier molecular flexibility index (Phi) is 61.2. The van der Waals surface area contributed by atoms with Crippen molar-refractivity contribution >= 4 is 5.91 Å². The van der Waals surface area contributed by atoms with Gasteiger partial charge in [-0.1, -0.05) is 359 Å². The number of aliphatic hydroxyl groups is 2. The molecule has 0 aliphatic heterocycles. The lowest BCUT2D eigenvalue weighted by atomic mass is 10.0. The Hall–Kier alpha value is -1.13. The van der Waals surface area contributed by atoms with E-state index in [2.05, 4.69) is 31.3 Å². The standard InChI is InChI=1S/C66H129NO3/c1-3-5-7-9-11-13-15-17-19-21-23-25-27-29-30-31-32-33-34-35-36-38-40-42-44-46-48-50-52-54-56-58-60-62-66(70)67-64(63-68)65(69)61-59-57-55-53-51-49-47-45-43-41-39-37-28-26-24-22-20-18-16-14-12-10-8-6-4-2/h51,53,59,61,64-65,68-69H,3-50,52,54-58,60,62-63H2,1-2H3,(H,67,70)/b53-51+,61-59+. The molecule has 0 spiro atoms. The first-order chi connectivity index (χ1) is 34.7. The number of carbonyl (C=O) groups excluding carboxylic acids is 1. The van der Waals surface area contributed by atoms with Crippen LogP contribution in [0.3, 0.4) is 0 Å². The lowest BCUT2D eigenvalue weighted by molar-refractivity contribution is -0.123. The van der Waals surface area contributed by atoms with E-state index in [-0.39, 0.29) is 12.5 Å². The zero-order valence-corrected chi connectivity index (χ0v) is 48.1. The number of rotatable bonds is 61. The van der Waals surface area contributed by atoms with Crippen LogP contribution in [0.5, 0.6) is 0 Å². The van der Waals surface area contributed by atoms with E-state index in [0.717, 1.165) is 32.1 Å². The number of nitrogens with one attached hydrogen (secondary N) is 1. The smallest absolute Gasteiger partial charge is 0.220 e. The summed E-state index contributed by atoms with van der Waals surface area (Å²) in [6, 6.07) is -0.637. The van der Waals surface area contributed by atoms with Crippen LogP contribution >= 0.6 is 0 Å². The molecule has 0 fully saturated rings. The number of carbonyl (C=O) groups is 1. The number of allylic oxidation sites excluding steroid dienone is 3. The van der Waals surface area contributed by atoms with Crippen molar-refractivity contribution < 1.29 is 15.0 Å². The maximum atomic E-state index is 12.5. The van der Waals surface area contributed by atoms with Gasteiger partial charge in [0.15, 0.2) is 0 Å². The second-order valence-electron chi connectivity index (χ2n) is 22.5. The number of hydrogen-bond acceptors (Lipinski definition) is 3. The molecule has 3 N–H and O–H groups in total. The monoisotopic (exact) mass is 984 g/mol. The normalized spacial score (nSPS) is 12.8. The fourth-order valence-corrected chi connectivity index (χ4v) is 10.5. The summed E-state index contributed by atoms with van der Waals surface area (Å²) in [5.74, 6) is -0.0648. The second-order valence-corrected chi connectivity index (χ2v) is 22.5. The molecule has 0 saturated carbocycles. The minimum Gasteiger partial charge on any atom is -0.394 e. The van der Waals surface area contributed by atoms with Crippen molar-refractivity contribution in [2.24, 2.45) is 0 Å². The zero-order valence-electron chi connectivity index (χ0n) is 48.1. The van der Waals surface area contributed by atoms with Crippen molar-refractivity contribution in [1.29, 1.82) is 0 Å². The van der Waals surface area contributed by atoms with Gasteiger partial charge in [-0.2, -0.15) is 0 Å². The number of unbranched alkanes of at least 4 members (excludes halogenated alkanes) is 52. The first kappa shape index (κ1) is 68.9. The van der Waals surface area contributed by atoms with Crippen LogP contribution in [0.25, 0.3) is 0 Å². The maximum Gasteiger partial charge on any atom is 0.220 e. The van der Waals surface area contributed by atoms with Crippen LogP contribution in [0.4, 0.5) is 0 Å². The summed E-state index contributed by atoms with van der Waals surface area (Å²) in [6.45, 7) is 4.35. The largest absolute Gasteiger partial charge is 0.394 e. The van der Waals surface area contributed by atoms with Crippen LogP contribution in [-0.2, 0) is 4.79 Å². The zero-order chi connectivity index (χ0) is 50.6. The predicted molar refractivity (Wildman–Crippen MR) is 313 cm³/mol. The molecule has 0 bridgehead atoms. The van der Waals surface area contributed by atoms with Crippen molar-refractivity contribution in [3.63, 3.8) is 0 Å². The van der Waals surface area contributed by atoms with E-state index < -0.39 is 12.1 Å². The van der Waals surface area contributed by atoms with E-state index in [1.54, 1.807) is 6.08 Å². The van der Waals surface area contributed by atoms with Gasteiger partial charge < -0.3 is 15.5 Å². The average Bonchev–Trinajstić information content (AvgIpc) is 3.36. The molecule has 0 rings (SSSR count). The SMILES string of the molecule is CCCCCCCCCCCCCCCCCCCCC/C=C/CC/C=C/C(O)C(CO)NC(=O)CCCCCCCCCCCCCCCCCCCCCCCCCCCCCCCCCCC. The van der Waals surface area contributed by atoms with Crippen LogP contribution in [0, 0.1) is 0 Å². The third-order valence-corrected chi connectivity index (χ3v) is 15.4. The van der Waals surface area contributed by atoms with Gasteiger partial charge >= 0.3 is 0 Å². The molecule has 1 amide bonds. The Morgan fingerprint density at radius 3 is 0.829 bits per heavy atom. The third kappa shape index (κ3) is 57.8. The molecule has 0 radical (unpaired) electrons. The van der Waals surface area contributed by atoms with E-state index in [4.69, 9.17) is 0 Å². The number of hydrogen-bond donors (Lipinski definition) is 3. The lowest BCUT2D eigenvalue weighted by Gasteiger charge is -2.19. The Morgan fingerprint density at radius 2 is 0.557 bits per heavy atom. The summed E-state index contributed by atoms with van der Waals surface area (Å²) < 4.78 is 0. The molecule has 0 aliphatic carbocycles. The Labute approximate surface area is 440 Å². The lowest BCUT2D eigenvalue weighted by Crippen LogP contribution is -2.45. The molecular weight excluding hydrogens is 855 g/mol. The molecule has 4 heteroatoms. The topological polar surface area (TPSA) is 69.6 Å². The minimum atomic E-state index is -0.861. The van der Waals surface area contributed by atoms with Gasteiger partial charge in [0.05, 0.1) is 18.8 Å². The van der Waals surface area contributed by atoms with Crippen LogP contribution in [0.2, 0.25) is 0 Å². The quantitative estimate of drug-likeness (QED) is 0.0420. The van der Waals surface area contributed by atoms with Gasteiger partial charge in [-0.25, -0.2) is 0 Å². The fraction of sp³-hybridized carbons (Fsp3) is 0.924. The van der Waals surface area contributed by atoms with Crippen molar-refractivity contribution in [3.8, 4) is 0 Å². The highest BCUT2D eigenvalue weighted by atomic mass is 16.3. The molecular formula is C66H129NO3. The molecule has 2 unspecified atom stereocenters. The molecule has 0 aliphatic rings. The number of aliphatic hydroxyl groups excluding tert-OH is 2. The average molecular weight is 985 g/mol. The van der Waals surface area contributed by atoms with Gasteiger partial charge in [-0.3, -0.25) is 4.79 Å². The van der Waals surface area contributed by atoms with E-state index in [1.165, 1.54) is 321 Å². The van der Waals surface area contributed by atoms with Gasteiger partial charge in [0, 0.05) is 6.42 Å². The van der Waals surface area contributed by atoms with E-state index in [9.17, 15) is 15.0 Å². The molecule has 2 atom stereocenters. The van der Waals surface area contributed by atoms with Gasteiger partial charge in [0.2, 0.25) is 5.91 Å². The highest BCUT2D eigenvalue weighted by Gasteiger charge is 2.18. The molecule has 0 heterocycles. The highest BCUT2D eigenvalue weighted by molar-refractivity contribution is 5.76. The van der Waals surface area contributed by atoms with Crippen LogP contribution in [0.1, 0.15) is 373 Å². The van der Waals surface area contributed by atoms with Crippen molar-refractivity contribution in [2.75, 3.05) is 6.61 Å². The van der Waals surface area contributed by atoms with Gasteiger partial charge in [-0.15, -0.1) is 0 Å². The van der Waals surface area contributed by atoms with Crippen molar-refractivity contribution in [3.05, 3.63) is 24.3 Å². The first-order valence-electron chi connectivity index (χ1n) is 32.6. The van der Waals surface area contributed by atoms with Crippen molar-refractivity contribution in [1.82, 2.24) is 5.32 Å². The van der Waals surface area contributed by atoms with Gasteiger partial charge in [-0.05, 0) is 32.1 Å². The summed E-state index contributed by atoms with van der Waals surface area (Å²) in [4.78, 5) is 12.5. The summed E-state index contributed by atoms with van der Waals surface area (Å²) in [6.07, 6.45) is 84.0. The minimum absolute atomic E-state index is 0.0648.